The Morgan fingerprint density at radius 2 is 2.17 bits per heavy atom. The number of benzene rings is 1. The molecule has 0 radical (unpaired) electrons. The molecule has 0 aliphatic carbocycles. The largest absolute Gasteiger partial charge is 0.379 e. The molecule has 0 spiro atoms. The van der Waals surface area contributed by atoms with Crippen LogP contribution in [0.25, 0.3) is 0 Å². The minimum Gasteiger partial charge on any atom is -0.379 e. The lowest BCUT2D eigenvalue weighted by molar-refractivity contribution is 0.0342. The third kappa shape index (κ3) is 2.71. The molecule has 4 heteroatoms. The first-order valence-corrected chi connectivity index (χ1v) is 6.59. The first-order chi connectivity index (χ1) is 8.92. The summed E-state index contributed by atoms with van der Waals surface area (Å²) in [5, 5.41) is 3.32. The van der Waals surface area contributed by atoms with Crippen LogP contribution in [-0.4, -0.2) is 50.1 Å². The number of ether oxygens (including phenoxy) is 1. The summed E-state index contributed by atoms with van der Waals surface area (Å²) in [6.07, 6.45) is 0. The van der Waals surface area contributed by atoms with Gasteiger partial charge in [0.25, 0.3) is 0 Å². The third-order valence-electron chi connectivity index (χ3n) is 3.38. The molecule has 0 saturated carbocycles. The molecule has 96 valence electrons. The SMILES string of the molecule is c1cc(CN2CCOCC2)cc(C2=NCCN2)c1. The number of aliphatic imine (C=N–C) groups is 1. The van der Waals surface area contributed by atoms with E-state index in [-0.39, 0.29) is 0 Å². The summed E-state index contributed by atoms with van der Waals surface area (Å²) in [7, 11) is 0. The van der Waals surface area contributed by atoms with Gasteiger partial charge in [0.1, 0.15) is 5.84 Å². The number of hydrogen-bond donors (Lipinski definition) is 1. The van der Waals surface area contributed by atoms with Crippen LogP contribution in [0, 0.1) is 0 Å². The summed E-state index contributed by atoms with van der Waals surface area (Å²) in [5.41, 5.74) is 2.56. The maximum absolute atomic E-state index is 5.37. The number of morpholine rings is 1. The van der Waals surface area contributed by atoms with Crippen LogP contribution in [0.3, 0.4) is 0 Å². The van der Waals surface area contributed by atoms with Gasteiger partial charge >= 0.3 is 0 Å². The molecule has 18 heavy (non-hydrogen) atoms. The summed E-state index contributed by atoms with van der Waals surface area (Å²) in [6.45, 7) is 6.63. The summed E-state index contributed by atoms with van der Waals surface area (Å²) in [6, 6.07) is 8.68. The highest BCUT2D eigenvalue weighted by Crippen LogP contribution is 2.11. The highest BCUT2D eigenvalue weighted by Gasteiger charge is 2.12. The number of nitrogens with one attached hydrogen (secondary N) is 1. The Hall–Kier alpha value is -1.39. The lowest BCUT2D eigenvalue weighted by atomic mass is 10.1. The zero-order chi connectivity index (χ0) is 12.2. The minimum atomic E-state index is 0.855. The van der Waals surface area contributed by atoms with Gasteiger partial charge in [0.05, 0.1) is 19.8 Å². The van der Waals surface area contributed by atoms with Gasteiger partial charge in [-0.1, -0.05) is 18.2 Å². The van der Waals surface area contributed by atoms with Crippen LogP contribution in [0.1, 0.15) is 11.1 Å². The third-order valence-corrected chi connectivity index (χ3v) is 3.38. The lowest BCUT2D eigenvalue weighted by Crippen LogP contribution is -2.35. The molecule has 2 heterocycles. The second-order valence-electron chi connectivity index (χ2n) is 4.75. The molecule has 0 amide bonds. The molecule has 2 aliphatic heterocycles. The maximum Gasteiger partial charge on any atom is 0.128 e. The van der Waals surface area contributed by atoms with Gasteiger partial charge in [0, 0.05) is 31.7 Å². The molecule has 4 nitrogen and oxygen atoms in total. The van der Waals surface area contributed by atoms with Gasteiger partial charge < -0.3 is 10.1 Å². The fraction of sp³-hybridized carbons (Fsp3) is 0.500. The average Bonchev–Trinajstić information content (AvgIpc) is 2.94. The van der Waals surface area contributed by atoms with Crippen molar-refractivity contribution in [2.24, 2.45) is 4.99 Å². The van der Waals surface area contributed by atoms with E-state index in [1.165, 1.54) is 11.1 Å². The summed E-state index contributed by atoms with van der Waals surface area (Å²) in [4.78, 5) is 6.90. The van der Waals surface area contributed by atoms with Crippen molar-refractivity contribution in [2.75, 3.05) is 39.4 Å². The molecule has 1 N–H and O–H groups in total. The van der Waals surface area contributed by atoms with Crippen LogP contribution in [0.4, 0.5) is 0 Å². The van der Waals surface area contributed by atoms with Gasteiger partial charge in [-0.15, -0.1) is 0 Å². The minimum absolute atomic E-state index is 0.855. The van der Waals surface area contributed by atoms with Crippen molar-refractivity contribution >= 4 is 5.84 Å². The first kappa shape index (κ1) is 11.7. The quantitative estimate of drug-likeness (QED) is 0.858. The molecular formula is C14H19N3O. The van der Waals surface area contributed by atoms with Gasteiger partial charge in [-0.3, -0.25) is 9.89 Å². The zero-order valence-corrected chi connectivity index (χ0v) is 10.6. The smallest absolute Gasteiger partial charge is 0.128 e. The van der Waals surface area contributed by atoms with E-state index in [0.717, 1.165) is 51.8 Å². The Morgan fingerprint density at radius 1 is 1.28 bits per heavy atom. The molecule has 0 atom stereocenters. The monoisotopic (exact) mass is 245 g/mol. The Kier molecular flexibility index (Phi) is 3.57. The predicted molar refractivity (Wildman–Crippen MR) is 71.9 cm³/mol. The van der Waals surface area contributed by atoms with Crippen molar-refractivity contribution in [3.63, 3.8) is 0 Å². The standard InChI is InChI=1S/C14H19N3O/c1-2-12(11-17-6-8-18-9-7-17)10-13(3-1)14-15-4-5-16-14/h1-3,10H,4-9,11H2,(H,15,16). The van der Waals surface area contributed by atoms with Crippen molar-refractivity contribution in [1.29, 1.82) is 0 Å². The summed E-state index contributed by atoms with van der Waals surface area (Å²) in [5.74, 6) is 1.04. The molecule has 2 aliphatic rings. The van der Waals surface area contributed by atoms with E-state index in [1.807, 2.05) is 0 Å². The van der Waals surface area contributed by atoms with Gasteiger partial charge in [-0.2, -0.15) is 0 Å². The second-order valence-corrected chi connectivity index (χ2v) is 4.75. The lowest BCUT2D eigenvalue weighted by Gasteiger charge is -2.26. The topological polar surface area (TPSA) is 36.9 Å². The zero-order valence-electron chi connectivity index (χ0n) is 10.6. The molecule has 3 rings (SSSR count). The highest BCUT2D eigenvalue weighted by molar-refractivity contribution is 5.99. The Bertz CT molecular complexity index is 438. The fourth-order valence-corrected chi connectivity index (χ4v) is 2.43. The van der Waals surface area contributed by atoms with E-state index in [9.17, 15) is 0 Å². The van der Waals surface area contributed by atoms with Gasteiger partial charge in [-0.25, -0.2) is 0 Å². The Labute approximate surface area is 108 Å². The van der Waals surface area contributed by atoms with E-state index in [2.05, 4.69) is 39.5 Å². The van der Waals surface area contributed by atoms with E-state index >= 15 is 0 Å². The van der Waals surface area contributed by atoms with Gasteiger partial charge in [0.15, 0.2) is 0 Å². The van der Waals surface area contributed by atoms with Crippen molar-refractivity contribution in [3.8, 4) is 0 Å². The van der Waals surface area contributed by atoms with E-state index in [0.29, 0.717) is 0 Å². The molecule has 0 aromatic heterocycles. The molecular weight excluding hydrogens is 226 g/mol. The highest BCUT2D eigenvalue weighted by atomic mass is 16.5. The normalized spacial score (nSPS) is 20.6. The van der Waals surface area contributed by atoms with Crippen LogP contribution in [0.15, 0.2) is 29.3 Å². The summed E-state index contributed by atoms with van der Waals surface area (Å²) < 4.78 is 5.37. The van der Waals surface area contributed by atoms with Crippen LogP contribution in [-0.2, 0) is 11.3 Å². The fourth-order valence-electron chi connectivity index (χ4n) is 2.43. The van der Waals surface area contributed by atoms with Crippen molar-refractivity contribution in [3.05, 3.63) is 35.4 Å². The van der Waals surface area contributed by atoms with E-state index < -0.39 is 0 Å². The number of nitrogens with zero attached hydrogens (tertiary/aromatic N) is 2. The molecule has 1 fully saturated rings. The Balaban J connectivity index is 1.70. The van der Waals surface area contributed by atoms with E-state index in [1.54, 1.807) is 0 Å². The first-order valence-electron chi connectivity index (χ1n) is 6.59. The van der Waals surface area contributed by atoms with Gasteiger partial charge in [-0.05, 0) is 11.6 Å². The molecule has 0 unspecified atom stereocenters. The predicted octanol–water partition coefficient (Wildman–Crippen LogP) is 0.869. The molecule has 1 aromatic rings. The van der Waals surface area contributed by atoms with E-state index in [4.69, 9.17) is 4.74 Å². The summed E-state index contributed by atoms with van der Waals surface area (Å²) >= 11 is 0. The number of rotatable bonds is 3. The second kappa shape index (κ2) is 5.50. The average molecular weight is 245 g/mol. The van der Waals surface area contributed by atoms with Crippen molar-refractivity contribution < 1.29 is 4.74 Å². The Morgan fingerprint density at radius 3 is 2.94 bits per heavy atom. The molecule has 1 aromatic carbocycles. The van der Waals surface area contributed by atoms with Crippen LogP contribution < -0.4 is 5.32 Å². The van der Waals surface area contributed by atoms with Crippen LogP contribution in [0.5, 0.6) is 0 Å². The van der Waals surface area contributed by atoms with Gasteiger partial charge in [0.2, 0.25) is 0 Å². The van der Waals surface area contributed by atoms with Crippen molar-refractivity contribution in [2.45, 2.75) is 6.54 Å². The van der Waals surface area contributed by atoms with Crippen LogP contribution >= 0.6 is 0 Å². The van der Waals surface area contributed by atoms with Crippen LogP contribution in [0.2, 0.25) is 0 Å². The van der Waals surface area contributed by atoms with Crippen molar-refractivity contribution in [1.82, 2.24) is 10.2 Å². The molecule has 1 saturated heterocycles. The maximum atomic E-state index is 5.37. The number of hydrogen-bond acceptors (Lipinski definition) is 4. The molecule has 0 bridgehead atoms. The number of amidine groups is 1.